The fourth-order valence-corrected chi connectivity index (χ4v) is 3.45. The minimum Gasteiger partial charge on any atom is -0.393 e. The van der Waals surface area contributed by atoms with E-state index in [2.05, 4.69) is 30.1 Å². The topological polar surface area (TPSA) is 52.6 Å². The third-order valence-electron chi connectivity index (χ3n) is 5.46. The predicted molar refractivity (Wildman–Crippen MR) is 99.2 cm³/mol. The first-order valence-electron chi connectivity index (χ1n) is 9.25. The lowest BCUT2D eigenvalue weighted by molar-refractivity contribution is -0.121. The van der Waals surface area contributed by atoms with Gasteiger partial charge in [0.15, 0.2) is 0 Å². The molecule has 1 aliphatic heterocycles. The Labute approximate surface area is 146 Å². The van der Waals surface area contributed by atoms with Crippen LogP contribution >= 0.6 is 0 Å². The summed E-state index contributed by atoms with van der Waals surface area (Å²) in [4.78, 5) is 14.9. The summed E-state index contributed by atoms with van der Waals surface area (Å²) >= 11 is 0. The molecule has 134 valence electrons. The van der Waals surface area contributed by atoms with E-state index in [0.717, 1.165) is 38.0 Å². The number of amides is 1. The van der Waals surface area contributed by atoms with E-state index in [1.807, 2.05) is 32.0 Å². The molecule has 0 saturated carbocycles. The number of likely N-dealkylation sites (tertiary alicyclic amines) is 1. The molecule has 1 aromatic rings. The van der Waals surface area contributed by atoms with Gasteiger partial charge in [0.05, 0.1) is 12.1 Å². The van der Waals surface area contributed by atoms with E-state index >= 15 is 0 Å². The van der Waals surface area contributed by atoms with Gasteiger partial charge in [-0.3, -0.25) is 9.69 Å². The zero-order valence-corrected chi connectivity index (χ0v) is 15.5. The quantitative estimate of drug-likeness (QED) is 0.836. The Morgan fingerprint density at radius 2 is 2.04 bits per heavy atom. The molecule has 0 aliphatic carbocycles. The standard InChI is InChI=1S/C20H32N2O2/c1-5-14(2)18-10-6-7-11-19(18)21-20(24)15(3)22-12-8-9-17(13-22)16(4)23/h6-7,10-11,14-17,23H,5,8-9,12-13H2,1-4H3,(H,21,24). The summed E-state index contributed by atoms with van der Waals surface area (Å²) in [7, 11) is 0. The molecule has 2 N–H and O–H groups in total. The van der Waals surface area contributed by atoms with Gasteiger partial charge in [-0.1, -0.05) is 32.0 Å². The van der Waals surface area contributed by atoms with Crippen molar-refractivity contribution in [3.8, 4) is 0 Å². The number of benzene rings is 1. The number of aliphatic hydroxyl groups is 1. The maximum Gasteiger partial charge on any atom is 0.241 e. The maximum absolute atomic E-state index is 12.7. The lowest BCUT2D eigenvalue weighted by Gasteiger charge is -2.37. The second kappa shape index (κ2) is 8.63. The highest BCUT2D eigenvalue weighted by molar-refractivity contribution is 5.95. The number of anilines is 1. The van der Waals surface area contributed by atoms with Gasteiger partial charge < -0.3 is 10.4 Å². The molecule has 4 nitrogen and oxygen atoms in total. The smallest absolute Gasteiger partial charge is 0.241 e. The first kappa shape index (κ1) is 18.9. The lowest BCUT2D eigenvalue weighted by Crippen LogP contribution is -2.48. The van der Waals surface area contributed by atoms with E-state index in [1.165, 1.54) is 5.56 Å². The molecule has 1 aliphatic rings. The van der Waals surface area contributed by atoms with Crippen LogP contribution in [-0.2, 0) is 4.79 Å². The van der Waals surface area contributed by atoms with Crippen molar-refractivity contribution in [2.24, 2.45) is 5.92 Å². The summed E-state index contributed by atoms with van der Waals surface area (Å²) < 4.78 is 0. The second-order valence-electron chi connectivity index (χ2n) is 7.20. The van der Waals surface area contributed by atoms with E-state index in [0.29, 0.717) is 5.92 Å². The van der Waals surface area contributed by atoms with Gasteiger partial charge in [-0.2, -0.15) is 0 Å². The minimum atomic E-state index is -0.311. The predicted octanol–water partition coefficient (Wildman–Crippen LogP) is 3.62. The number of rotatable bonds is 6. The number of hydrogen-bond acceptors (Lipinski definition) is 3. The van der Waals surface area contributed by atoms with Gasteiger partial charge in [-0.15, -0.1) is 0 Å². The first-order chi connectivity index (χ1) is 11.4. The van der Waals surface area contributed by atoms with Gasteiger partial charge >= 0.3 is 0 Å². The molecule has 1 saturated heterocycles. The maximum atomic E-state index is 12.7. The van der Waals surface area contributed by atoms with Crippen molar-refractivity contribution in [1.29, 1.82) is 0 Å². The summed E-state index contributed by atoms with van der Waals surface area (Å²) in [6.45, 7) is 9.87. The first-order valence-corrected chi connectivity index (χ1v) is 9.25. The summed E-state index contributed by atoms with van der Waals surface area (Å²) in [5, 5.41) is 13.0. The third-order valence-corrected chi connectivity index (χ3v) is 5.46. The molecule has 1 heterocycles. The molecule has 1 amide bonds. The zero-order valence-electron chi connectivity index (χ0n) is 15.5. The molecule has 0 aromatic heterocycles. The number of nitrogens with one attached hydrogen (secondary N) is 1. The number of nitrogens with zero attached hydrogens (tertiary/aromatic N) is 1. The van der Waals surface area contributed by atoms with Gasteiger partial charge in [0.25, 0.3) is 0 Å². The molecule has 1 aromatic carbocycles. The Morgan fingerprint density at radius 3 is 2.71 bits per heavy atom. The number of hydrogen-bond donors (Lipinski definition) is 2. The highest BCUT2D eigenvalue weighted by Crippen LogP contribution is 2.27. The molecular weight excluding hydrogens is 300 g/mol. The van der Waals surface area contributed by atoms with Crippen LogP contribution in [0.3, 0.4) is 0 Å². The van der Waals surface area contributed by atoms with E-state index in [-0.39, 0.29) is 24.0 Å². The Hall–Kier alpha value is -1.39. The van der Waals surface area contributed by atoms with Gasteiger partial charge in [-0.05, 0) is 63.1 Å². The van der Waals surface area contributed by atoms with Crippen molar-refractivity contribution in [2.45, 2.75) is 65.0 Å². The van der Waals surface area contributed by atoms with Crippen LogP contribution in [0.2, 0.25) is 0 Å². The number of para-hydroxylation sites is 1. The van der Waals surface area contributed by atoms with Crippen molar-refractivity contribution in [3.05, 3.63) is 29.8 Å². The Morgan fingerprint density at radius 1 is 1.33 bits per heavy atom. The van der Waals surface area contributed by atoms with Gasteiger partial charge in [-0.25, -0.2) is 0 Å². The van der Waals surface area contributed by atoms with E-state index in [1.54, 1.807) is 0 Å². The summed E-state index contributed by atoms with van der Waals surface area (Å²) in [5.41, 5.74) is 2.12. The van der Waals surface area contributed by atoms with Crippen LogP contribution < -0.4 is 5.32 Å². The molecule has 0 radical (unpaired) electrons. The van der Waals surface area contributed by atoms with Crippen LogP contribution in [0.1, 0.15) is 58.4 Å². The van der Waals surface area contributed by atoms with Crippen molar-refractivity contribution in [1.82, 2.24) is 4.90 Å². The summed E-state index contributed by atoms with van der Waals surface area (Å²) in [6.07, 6.45) is 2.81. The highest BCUT2D eigenvalue weighted by Gasteiger charge is 2.29. The minimum absolute atomic E-state index is 0.0389. The average Bonchev–Trinajstić information content (AvgIpc) is 2.60. The lowest BCUT2D eigenvalue weighted by atomic mass is 9.92. The van der Waals surface area contributed by atoms with Crippen LogP contribution in [0.5, 0.6) is 0 Å². The van der Waals surface area contributed by atoms with Crippen LogP contribution in [0.4, 0.5) is 5.69 Å². The molecule has 24 heavy (non-hydrogen) atoms. The van der Waals surface area contributed by atoms with Gasteiger partial charge in [0.2, 0.25) is 5.91 Å². The van der Waals surface area contributed by atoms with E-state index in [4.69, 9.17) is 0 Å². The SMILES string of the molecule is CCC(C)c1ccccc1NC(=O)C(C)N1CCCC(C(C)O)C1. The van der Waals surface area contributed by atoms with Crippen molar-refractivity contribution < 1.29 is 9.90 Å². The van der Waals surface area contributed by atoms with Gasteiger partial charge in [0, 0.05) is 12.2 Å². The molecule has 4 heteroatoms. The van der Waals surface area contributed by atoms with Crippen LogP contribution in [0.15, 0.2) is 24.3 Å². The third kappa shape index (κ3) is 4.58. The normalized spacial score (nSPS) is 22.6. The van der Waals surface area contributed by atoms with Gasteiger partial charge in [0.1, 0.15) is 0 Å². The average molecular weight is 332 g/mol. The number of aliphatic hydroxyl groups excluding tert-OH is 1. The Bertz CT molecular complexity index is 544. The Kier molecular flexibility index (Phi) is 6.81. The number of carbonyl (C=O) groups is 1. The number of piperidine rings is 1. The Balaban J connectivity index is 2.04. The number of carbonyl (C=O) groups excluding carboxylic acids is 1. The molecule has 4 unspecified atom stereocenters. The van der Waals surface area contributed by atoms with E-state index in [9.17, 15) is 9.90 Å². The molecule has 2 rings (SSSR count). The monoisotopic (exact) mass is 332 g/mol. The van der Waals surface area contributed by atoms with E-state index < -0.39 is 0 Å². The largest absolute Gasteiger partial charge is 0.393 e. The molecule has 1 fully saturated rings. The molecule has 4 atom stereocenters. The fourth-order valence-electron chi connectivity index (χ4n) is 3.45. The van der Waals surface area contributed by atoms with Crippen LogP contribution in [0, 0.1) is 5.92 Å². The zero-order chi connectivity index (χ0) is 17.7. The molecule has 0 spiro atoms. The fraction of sp³-hybridized carbons (Fsp3) is 0.650. The molecular formula is C20H32N2O2. The highest BCUT2D eigenvalue weighted by atomic mass is 16.3. The van der Waals surface area contributed by atoms with Crippen LogP contribution in [0.25, 0.3) is 0 Å². The van der Waals surface area contributed by atoms with Crippen molar-refractivity contribution >= 4 is 11.6 Å². The summed E-state index contributed by atoms with van der Waals surface area (Å²) in [6, 6.07) is 7.89. The van der Waals surface area contributed by atoms with Crippen molar-refractivity contribution in [3.63, 3.8) is 0 Å². The summed E-state index contributed by atoms with van der Waals surface area (Å²) in [5.74, 6) is 0.727. The van der Waals surface area contributed by atoms with Crippen molar-refractivity contribution in [2.75, 3.05) is 18.4 Å². The van der Waals surface area contributed by atoms with Crippen LogP contribution in [-0.4, -0.2) is 41.1 Å². The second-order valence-corrected chi connectivity index (χ2v) is 7.20. The molecule has 0 bridgehead atoms.